The van der Waals surface area contributed by atoms with Crippen LogP contribution in [0.3, 0.4) is 0 Å². The van der Waals surface area contributed by atoms with Gasteiger partial charge in [0.25, 0.3) is 0 Å². The number of nitrogens with two attached hydrogens (primary N) is 1. The van der Waals surface area contributed by atoms with Crippen LogP contribution in [0, 0.1) is 11.8 Å². The Morgan fingerprint density at radius 3 is 2.66 bits per heavy atom. The molecule has 1 saturated carbocycles. The van der Waals surface area contributed by atoms with Gasteiger partial charge in [-0.25, -0.2) is 0 Å². The first kappa shape index (κ1) is 19.8. The zero-order valence-electron chi connectivity index (χ0n) is 16.9. The van der Waals surface area contributed by atoms with Crippen molar-refractivity contribution in [2.75, 3.05) is 39.8 Å². The molecule has 0 spiro atoms. The average Bonchev–Trinajstić information content (AvgIpc) is 3.43. The predicted octanol–water partition coefficient (Wildman–Crippen LogP) is 1.76. The van der Waals surface area contributed by atoms with Gasteiger partial charge in [0.15, 0.2) is 0 Å². The first-order chi connectivity index (χ1) is 14.2. The van der Waals surface area contributed by atoms with Crippen molar-refractivity contribution in [3.05, 3.63) is 30.2 Å². The van der Waals surface area contributed by atoms with Crippen LogP contribution in [0.2, 0.25) is 0 Å². The highest BCUT2D eigenvalue weighted by atomic mass is 16.5. The number of amides is 1. The highest BCUT2D eigenvalue weighted by Gasteiger charge is 2.35. The summed E-state index contributed by atoms with van der Waals surface area (Å²) >= 11 is 0. The molecule has 1 aliphatic carbocycles. The Hall–Kier alpha value is -2.45. The Morgan fingerprint density at radius 1 is 1.21 bits per heavy atom. The number of methoxy groups -OCH3 is 1. The molecule has 8 nitrogen and oxygen atoms in total. The van der Waals surface area contributed by atoms with Gasteiger partial charge < -0.3 is 19.9 Å². The second-order valence-corrected chi connectivity index (χ2v) is 7.87. The number of piperazine rings is 1. The SMILES string of the molecule is COc1ccc(-c2noc(CN3CCN(C(=O)[C@@H]4CCC[C@@H]4CN)CC3)n2)cc1. The van der Waals surface area contributed by atoms with Crippen LogP contribution in [0.5, 0.6) is 5.75 Å². The van der Waals surface area contributed by atoms with E-state index in [1.54, 1.807) is 7.11 Å². The van der Waals surface area contributed by atoms with Crippen LogP contribution in [0.4, 0.5) is 0 Å². The second kappa shape index (κ2) is 8.92. The number of hydrogen-bond acceptors (Lipinski definition) is 7. The molecule has 2 fully saturated rings. The molecule has 1 amide bonds. The van der Waals surface area contributed by atoms with E-state index >= 15 is 0 Å². The van der Waals surface area contributed by atoms with E-state index < -0.39 is 0 Å². The molecule has 2 N–H and O–H groups in total. The van der Waals surface area contributed by atoms with Gasteiger partial charge in [-0.1, -0.05) is 11.6 Å². The fourth-order valence-electron chi connectivity index (χ4n) is 4.37. The zero-order chi connectivity index (χ0) is 20.2. The predicted molar refractivity (Wildman–Crippen MR) is 108 cm³/mol. The Morgan fingerprint density at radius 2 is 1.97 bits per heavy atom. The lowest BCUT2D eigenvalue weighted by Gasteiger charge is -2.36. The lowest BCUT2D eigenvalue weighted by atomic mass is 9.94. The summed E-state index contributed by atoms with van der Waals surface area (Å²) in [6.07, 6.45) is 3.18. The molecular formula is C21H29N5O3. The van der Waals surface area contributed by atoms with Gasteiger partial charge in [0.05, 0.1) is 13.7 Å². The minimum Gasteiger partial charge on any atom is -0.497 e. The Labute approximate surface area is 171 Å². The molecule has 8 heteroatoms. The number of hydrogen-bond donors (Lipinski definition) is 1. The van der Waals surface area contributed by atoms with Gasteiger partial charge >= 0.3 is 0 Å². The molecule has 2 aromatic rings. The van der Waals surface area contributed by atoms with Gasteiger partial charge in [0, 0.05) is 37.7 Å². The summed E-state index contributed by atoms with van der Waals surface area (Å²) in [7, 11) is 1.64. The van der Waals surface area contributed by atoms with E-state index in [9.17, 15) is 4.79 Å². The van der Waals surface area contributed by atoms with Crippen molar-refractivity contribution in [1.82, 2.24) is 19.9 Å². The third-order valence-corrected chi connectivity index (χ3v) is 6.14. The van der Waals surface area contributed by atoms with E-state index in [2.05, 4.69) is 15.0 Å². The fraction of sp³-hybridized carbons (Fsp3) is 0.571. The summed E-state index contributed by atoms with van der Waals surface area (Å²) < 4.78 is 10.6. The lowest BCUT2D eigenvalue weighted by molar-refractivity contribution is -0.138. The van der Waals surface area contributed by atoms with E-state index in [0.717, 1.165) is 56.8 Å². The second-order valence-electron chi connectivity index (χ2n) is 7.87. The molecule has 0 radical (unpaired) electrons. The van der Waals surface area contributed by atoms with Crippen LogP contribution in [-0.4, -0.2) is 65.7 Å². The minimum absolute atomic E-state index is 0.120. The summed E-state index contributed by atoms with van der Waals surface area (Å²) in [5.74, 6) is 2.72. The maximum absolute atomic E-state index is 12.8. The number of aromatic nitrogens is 2. The van der Waals surface area contributed by atoms with E-state index in [0.29, 0.717) is 30.7 Å². The maximum Gasteiger partial charge on any atom is 0.241 e. The van der Waals surface area contributed by atoms with Gasteiger partial charge in [-0.05, 0) is 49.6 Å². The monoisotopic (exact) mass is 399 g/mol. The zero-order valence-corrected chi connectivity index (χ0v) is 16.9. The topological polar surface area (TPSA) is 97.7 Å². The molecule has 0 unspecified atom stereocenters. The quantitative estimate of drug-likeness (QED) is 0.790. The molecule has 156 valence electrons. The largest absolute Gasteiger partial charge is 0.497 e. The van der Waals surface area contributed by atoms with E-state index in [4.69, 9.17) is 15.0 Å². The average molecular weight is 399 g/mol. The number of nitrogens with zero attached hydrogens (tertiary/aromatic N) is 4. The standard InChI is InChI=1S/C21H29N5O3/c1-28-17-7-5-15(6-8-17)20-23-19(29-24-20)14-25-9-11-26(12-10-25)21(27)18-4-2-3-16(18)13-22/h5-8,16,18H,2-4,9-14,22H2,1H3/t16-,18-/m1/s1. The highest BCUT2D eigenvalue weighted by molar-refractivity contribution is 5.79. The molecule has 1 aromatic heterocycles. The molecule has 2 aliphatic rings. The van der Waals surface area contributed by atoms with Crippen molar-refractivity contribution >= 4 is 5.91 Å². The first-order valence-electron chi connectivity index (χ1n) is 10.4. The number of rotatable bonds is 6. The molecule has 1 saturated heterocycles. The summed E-state index contributed by atoms with van der Waals surface area (Å²) in [5.41, 5.74) is 6.74. The van der Waals surface area contributed by atoms with Crippen molar-refractivity contribution in [1.29, 1.82) is 0 Å². The van der Waals surface area contributed by atoms with Crippen LogP contribution >= 0.6 is 0 Å². The summed E-state index contributed by atoms with van der Waals surface area (Å²) in [4.78, 5) is 21.6. The Balaban J connectivity index is 1.30. The normalized spacial score (nSPS) is 22.8. The van der Waals surface area contributed by atoms with Gasteiger partial charge in [0.1, 0.15) is 5.75 Å². The van der Waals surface area contributed by atoms with Gasteiger partial charge in [-0.3, -0.25) is 9.69 Å². The van der Waals surface area contributed by atoms with Crippen LogP contribution < -0.4 is 10.5 Å². The van der Waals surface area contributed by atoms with Crippen LogP contribution in [0.25, 0.3) is 11.4 Å². The molecule has 1 aromatic carbocycles. The highest BCUT2D eigenvalue weighted by Crippen LogP contribution is 2.32. The van der Waals surface area contributed by atoms with E-state index in [1.165, 1.54) is 0 Å². The van der Waals surface area contributed by atoms with Crippen molar-refractivity contribution in [3.63, 3.8) is 0 Å². The van der Waals surface area contributed by atoms with Gasteiger partial charge in [0.2, 0.25) is 17.6 Å². The number of ether oxygens (including phenoxy) is 1. The fourth-order valence-corrected chi connectivity index (χ4v) is 4.37. The van der Waals surface area contributed by atoms with Crippen molar-refractivity contribution in [3.8, 4) is 17.1 Å². The minimum atomic E-state index is 0.120. The summed E-state index contributed by atoms with van der Waals surface area (Å²) in [6.45, 7) is 4.32. The Kier molecular flexibility index (Phi) is 6.10. The van der Waals surface area contributed by atoms with E-state index in [-0.39, 0.29) is 11.8 Å². The van der Waals surface area contributed by atoms with Gasteiger partial charge in [-0.2, -0.15) is 4.98 Å². The van der Waals surface area contributed by atoms with Crippen molar-refractivity contribution in [2.45, 2.75) is 25.8 Å². The van der Waals surface area contributed by atoms with Crippen molar-refractivity contribution < 1.29 is 14.1 Å². The maximum atomic E-state index is 12.8. The van der Waals surface area contributed by atoms with Crippen molar-refractivity contribution in [2.24, 2.45) is 17.6 Å². The molecule has 1 aliphatic heterocycles. The first-order valence-corrected chi connectivity index (χ1v) is 10.4. The number of carbonyl (C=O) groups excluding carboxylic acids is 1. The summed E-state index contributed by atoms with van der Waals surface area (Å²) in [5, 5.41) is 4.09. The van der Waals surface area contributed by atoms with Crippen LogP contribution in [0.15, 0.2) is 28.8 Å². The molecular weight excluding hydrogens is 370 g/mol. The smallest absolute Gasteiger partial charge is 0.241 e. The van der Waals surface area contributed by atoms with Crippen LogP contribution in [0.1, 0.15) is 25.2 Å². The molecule has 29 heavy (non-hydrogen) atoms. The molecule has 2 heterocycles. The molecule has 2 atom stereocenters. The third-order valence-electron chi connectivity index (χ3n) is 6.14. The van der Waals surface area contributed by atoms with Gasteiger partial charge in [-0.15, -0.1) is 0 Å². The third kappa shape index (κ3) is 4.43. The molecule has 4 rings (SSSR count). The number of carbonyl (C=O) groups is 1. The van der Waals surface area contributed by atoms with Crippen LogP contribution in [-0.2, 0) is 11.3 Å². The molecule has 0 bridgehead atoms. The Bertz CT molecular complexity index is 814. The van der Waals surface area contributed by atoms with E-state index in [1.807, 2.05) is 29.2 Å². The number of benzene rings is 1. The summed E-state index contributed by atoms with van der Waals surface area (Å²) in [6, 6.07) is 7.58. The lowest BCUT2D eigenvalue weighted by Crippen LogP contribution is -2.50.